The second kappa shape index (κ2) is 9.23. The van der Waals surface area contributed by atoms with Gasteiger partial charge in [0.15, 0.2) is 23.0 Å². The molecule has 0 aliphatic carbocycles. The van der Waals surface area contributed by atoms with Gasteiger partial charge in [-0.1, -0.05) is 23.7 Å². The first-order chi connectivity index (χ1) is 15.5. The van der Waals surface area contributed by atoms with Crippen molar-refractivity contribution in [3.8, 4) is 17.4 Å². The first-order valence-electron chi connectivity index (χ1n) is 9.64. The van der Waals surface area contributed by atoms with Crippen LogP contribution in [-0.4, -0.2) is 35.2 Å². The van der Waals surface area contributed by atoms with Crippen molar-refractivity contribution in [3.05, 3.63) is 76.2 Å². The summed E-state index contributed by atoms with van der Waals surface area (Å²) in [6.45, 7) is 0.122. The molecule has 0 fully saturated rings. The van der Waals surface area contributed by atoms with Crippen molar-refractivity contribution >= 4 is 28.4 Å². The van der Waals surface area contributed by atoms with E-state index in [1.165, 1.54) is 25.4 Å². The lowest BCUT2D eigenvalue weighted by Crippen LogP contribution is -2.09. The molecule has 4 rings (SSSR count). The van der Waals surface area contributed by atoms with Crippen LogP contribution in [0.4, 0.5) is 4.39 Å². The first-order valence-corrected chi connectivity index (χ1v) is 10.0. The number of aromatic nitrogens is 3. The monoisotopic (exact) mass is 455 g/mol. The number of H-pyrrole nitrogens is 1. The first kappa shape index (κ1) is 21.6. The van der Waals surface area contributed by atoms with Gasteiger partial charge < -0.3 is 14.2 Å². The molecule has 0 aliphatic heterocycles. The van der Waals surface area contributed by atoms with Gasteiger partial charge in [-0.05, 0) is 41.5 Å². The molecule has 1 N–H and O–H groups in total. The van der Waals surface area contributed by atoms with E-state index in [1.807, 2.05) is 12.1 Å². The molecule has 9 heteroatoms. The van der Waals surface area contributed by atoms with Crippen LogP contribution >= 0.6 is 11.6 Å². The number of ether oxygens (including phenoxy) is 3. The molecule has 2 aromatic carbocycles. The van der Waals surface area contributed by atoms with E-state index < -0.39 is 11.6 Å². The number of fused-ring (bicyclic) bond motifs is 1. The van der Waals surface area contributed by atoms with Gasteiger partial charge >= 0.3 is 0 Å². The zero-order chi connectivity index (χ0) is 22.7. The summed E-state index contributed by atoms with van der Waals surface area (Å²) < 4.78 is 31.0. The highest BCUT2D eigenvalue weighted by molar-refractivity contribution is 6.34. The normalized spacial score (nSPS) is 10.9. The van der Waals surface area contributed by atoms with Crippen molar-refractivity contribution < 1.29 is 23.4 Å². The van der Waals surface area contributed by atoms with Crippen molar-refractivity contribution in [3.63, 3.8) is 0 Å². The van der Waals surface area contributed by atoms with E-state index in [-0.39, 0.29) is 29.4 Å². The molecule has 164 valence electrons. The summed E-state index contributed by atoms with van der Waals surface area (Å²) >= 11 is 6.16. The number of benzene rings is 2. The molecule has 4 aromatic rings. The number of ketones is 1. The summed E-state index contributed by atoms with van der Waals surface area (Å²) in [7, 11) is 3.06. The zero-order valence-electron chi connectivity index (χ0n) is 17.3. The van der Waals surface area contributed by atoms with E-state index in [1.54, 1.807) is 25.3 Å². The molecule has 2 aromatic heterocycles. The minimum Gasteiger partial charge on any atom is -0.497 e. The second-order valence-electron chi connectivity index (χ2n) is 6.94. The van der Waals surface area contributed by atoms with Crippen molar-refractivity contribution in [2.45, 2.75) is 13.0 Å². The van der Waals surface area contributed by atoms with Gasteiger partial charge in [0.05, 0.1) is 30.2 Å². The maximum absolute atomic E-state index is 15.1. The predicted octanol–water partition coefficient (Wildman–Crippen LogP) is 4.77. The van der Waals surface area contributed by atoms with E-state index in [9.17, 15) is 4.79 Å². The summed E-state index contributed by atoms with van der Waals surface area (Å²) in [4.78, 5) is 17.1. The van der Waals surface area contributed by atoms with E-state index in [0.717, 1.165) is 5.56 Å². The van der Waals surface area contributed by atoms with Gasteiger partial charge in [0.2, 0.25) is 5.88 Å². The summed E-state index contributed by atoms with van der Waals surface area (Å²) in [5.41, 5.74) is 1.69. The quantitative estimate of drug-likeness (QED) is 0.385. The molecular formula is C23H19ClFN3O4. The Balaban J connectivity index is 1.54. The van der Waals surface area contributed by atoms with Crippen LogP contribution < -0.4 is 14.2 Å². The van der Waals surface area contributed by atoms with Gasteiger partial charge in [-0.25, -0.2) is 9.37 Å². The van der Waals surface area contributed by atoms with Crippen molar-refractivity contribution in [2.75, 3.05) is 14.2 Å². The number of carbonyl (C=O) groups is 1. The van der Waals surface area contributed by atoms with Crippen LogP contribution in [0.3, 0.4) is 0 Å². The van der Waals surface area contributed by atoms with Crippen molar-refractivity contribution in [1.82, 2.24) is 15.2 Å². The predicted molar refractivity (Wildman–Crippen MR) is 117 cm³/mol. The third-order valence-electron chi connectivity index (χ3n) is 4.88. The van der Waals surface area contributed by atoms with E-state index >= 15 is 4.39 Å². The van der Waals surface area contributed by atoms with Crippen LogP contribution in [0, 0.1) is 5.82 Å². The van der Waals surface area contributed by atoms with Gasteiger partial charge in [-0.15, -0.1) is 5.10 Å². The maximum atomic E-state index is 15.1. The topological polar surface area (TPSA) is 86.3 Å². The van der Waals surface area contributed by atoms with Crippen LogP contribution in [0.2, 0.25) is 5.02 Å². The largest absolute Gasteiger partial charge is 0.497 e. The van der Waals surface area contributed by atoms with Gasteiger partial charge in [0, 0.05) is 12.6 Å². The number of halogens is 2. The number of nitrogens with one attached hydrogen (secondary N) is 1. The SMILES string of the molecule is COc1ccc(COc2ccc(Cl)c(C(=O)Cc3cnc4[nH]nc(OC)c4c3)c2F)cc1. The van der Waals surface area contributed by atoms with Gasteiger partial charge in [-0.3, -0.25) is 9.89 Å². The van der Waals surface area contributed by atoms with Crippen LogP contribution in [-0.2, 0) is 13.0 Å². The summed E-state index contributed by atoms with van der Waals surface area (Å²) in [6.07, 6.45) is 1.42. The van der Waals surface area contributed by atoms with Crippen LogP contribution in [0.5, 0.6) is 17.4 Å². The van der Waals surface area contributed by atoms with E-state index in [4.69, 9.17) is 25.8 Å². The highest BCUT2D eigenvalue weighted by Crippen LogP contribution is 2.30. The number of carbonyl (C=O) groups excluding carboxylic acids is 1. The average molecular weight is 456 g/mol. The molecule has 2 heterocycles. The fourth-order valence-corrected chi connectivity index (χ4v) is 3.48. The lowest BCUT2D eigenvalue weighted by molar-refractivity contribution is 0.0988. The Morgan fingerprint density at radius 2 is 1.88 bits per heavy atom. The Bertz CT molecular complexity index is 1270. The molecular weight excluding hydrogens is 437 g/mol. The lowest BCUT2D eigenvalue weighted by atomic mass is 10.0. The molecule has 0 spiro atoms. The molecule has 0 saturated heterocycles. The minimum absolute atomic E-state index is 0.0132. The number of pyridine rings is 1. The molecule has 0 amide bonds. The molecule has 0 radical (unpaired) electrons. The van der Waals surface area contributed by atoms with Gasteiger partial charge in [0.25, 0.3) is 0 Å². The standard InChI is InChI=1S/C23H19ClFN3O4/c1-30-15-5-3-13(4-6-15)12-32-19-8-7-17(24)20(21(19)25)18(29)10-14-9-16-22(26-11-14)27-28-23(16)31-2/h3-9,11H,10,12H2,1-2H3,(H,26,27,28). The van der Waals surface area contributed by atoms with Crippen molar-refractivity contribution in [1.29, 1.82) is 0 Å². The Morgan fingerprint density at radius 3 is 2.59 bits per heavy atom. The highest BCUT2D eigenvalue weighted by Gasteiger charge is 2.21. The number of nitrogens with zero attached hydrogens (tertiary/aromatic N) is 2. The zero-order valence-corrected chi connectivity index (χ0v) is 18.1. The number of aromatic amines is 1. The van der Waals surface area contributed by atoms with Gasteiger partial charge in [-0.2, -0.15) is 0 Å². The number of Topliss-reactive ketones (excluding diaryl/α,β-unsaturated/α-hetero) is 1. The average Bonchev–Trinajstić information content (AvgIpc) is 3.21. The number of hydrogen-bond acceptors (Lipinski definition) is 6. The summed E-state index contributed by atoms with van der Waals surface area (Å²) in [5.74, 6) is -0.282. The number of methoxy groups -OCH3 is 2. The Kier molecular flexibility index (Phi) is 6.23. The molecule has 0 saturated carbocycles. The fraction of sp³-hybridized carbons (Fsp3) is 0.174. The fourth-order valence-electron chi connectivity index (χ4n) is 3.23. The second-order valence-corrected chi connectivity index (χ2v) is 7.35. The van der Waals surface area contributed by atoms with Crippen molar-refractivity contribution in [2.24, 2.45) is 0 Å². The Morgan fingerprint density at radius 1 is 1.09 bits per heavy atom. The molecule has 32 heavy (non-hydrogen) atoms. The van der Waals surface area contributed by atoms with Gasteiger partial charge in [0.1, 0.15) is 12.4 Å². The molecule has 7 nitrogen and oxygen atoms in total. The summed E-state index contributed by atoms with van der Waals surface area (Å²) in [5, 5.41) is 7.36. The smallest absolute Gasteiger partial charge is 0.241 e. The third-order valence-corrected chi connectivity index (χ3v) is 5.20. The molecule has 0 unspecified atom stereocenters. The molecule has 0 atom stereocenters. The minimum atomic E-state index is -0.800. The number of hydrogen-bond donors (Lipinski definition) is 1. The lowest BCUT2D eigenvalue weighted by Gasteiger charge is -2.12. The molecule has 0 aliphatic rings. The maximum Gasteiger partial charge on any atom is 0.241 e. The van der Waals surface area contributed by atoms with Crippen LogP contribution in [0.25, 0.3) is 11.0 Å². The third kappa shape index (κ3) is 4.36. The summed E-state index contributed by atoms with van der Waals surface area (Å²) in [6, 6.07) is 11.8. The highest BCUT2D eigenvalue weighted by atomic mass is 35.5. The van der Waals surface area contributed by atoms with E-state index in [0.29, 0.717) is 28.2 Å². The Hall–Kier alpha value is -3.65. The van der Waals surface area contributed by atoms with Crippen LogP contribution in [0.15, 0.2) is 48.7 Å². The Labute approximate surface area is 188 Å². The number of rotatable bonds is 8. The van der Waals surface area contributed by atoms with Crippen LogP contribution in [0.1, 0.15) is 21.5 Å². The molecule has 0 bridgehead atoms. The van der Waals surface area contributed by atoms with E-state index in [2.05, 4.69) is 15.2 Å².